The highest BCUT2D eigenvalue weighted by Crippen LogP contribution is 2.26. The van der Waals surface area contributed by atoms with E-state index < -0.39 is 22.1 Å². The summed E-state index contributed by atoms with van der Waals surface area (Å²) in [6, 6.07) is 0. The van der Waals surface area contributed by atoms with Crippen LogP contribution in [0.2, 0.25) is 0 Å². The molecule has 0 atom stereocenters. The van der Waals surface area contributed by atoms with Gasteiger partial charge in [0.25, 0.3) is 10.2 Å². The molecule has 2 heterocycles. The molecule has 0 aromatic rings. The van der Waals surface area contributed by atoms with Gasteiger partial charge in [-0.05, 0) is 33.7 Å². The van der Waals surface area contributed by atoms with Crippen molar-refractivity contribution in [2.24, 2.45) is 5.92 Å². The molecule has 8 heteroatoms. The van der Waals surface area contributed by atoms with E-state index in [1.165, 1.54) is 8.61 Å². The molecule has 122 valence electrons. The Morgan fingerprint density at radius 2 is 1.67 bits per heavy atom. The van der Waals surface area contributed by atoms with E-state index in [-0.39, 0.29) is 5.54 Å². The molecule has 0 amide bonds. The molecule has 7 nitrogen and oxygen atoms in total. The Balaban J connectivity index is 2.04. The third-order valence-corrected chi connectivity index (χ3v) is 6.72. The van der Waals surface area contributed by atoms with Gasteiger partial charge >= 0.3 is 5.97 Å². The summed E-state index contributed by atoms with van der Waals surface area (Å²) in [5.41, 5.74) is -0.190. The van der Waals surface area contributed by atoms with Gasteiger partial charge in [-0.15, -0.1) is 0 Å². The Labute approximate surface area is 126 Å². The fraction of sp³-hybridized carbons (Fsp3) is 0.923. The van der Waals surface area contributed by atoms with Crippen LogP contribution in [0.4, 0.5) is 0 Å². The van der Waals surface area contributed by atoms with Gasteiger partial charge in [-0.25, -0.2) is 0 Å². The quantitative estimate of drug-likeness (QED) is 0.795. The standard InChI is InChI=1S/C13H25N3O4S/c1-13(2)10-16(9-8-14(13)3)21(19,20)15-6-4-11(5-7-15)12(17)18/h11H,4-10H2,1-3H3,(H,17,18). The van der Waals surface area contributed by atoms with Crippen LogP contribution in [0, 0.1) is 5.92 Å². The molecule has 2 saturated heterocycles. The topological polar surface area (TPSA) is 81.2 Å². The average Bonchev–Trinajstić information content (AvgIpc) is 2.41. The predicted octanol–water partition coefficient (Wildman–Crippen LogP) is 0.0538. The number of carbonyl (C=O) groups is 1. The number of hydrogen-bond donors (Lipinski definition) is 1. The van der Waals surface area contributed by atoms with Crippen LogP contribution in [0.25, 0.3) is 0 Å². The molecular weight excluding hydrogens is 294 g/mol. The minimum atomic E-state index is -3.48. The highest BCUT2D eigenvalue weighted by Gasteiger charge is 2.40. The maximum absolute atomic E-state index is 12.7. The van der Waals surface area contributed by atoms with E-state index in [4.69, 9.17) is 5.11 Å². The molecule has 21 heavy (non-hydrogen) atoms. The maximum Gasteiger partial charge on any atom is 0.306 e. The number of carboxylic acids is 1. The van der Waals surface area contributed by atoms with Gasteiger partial charge in [-0.3, -0.25) is 9.69 Å². The van der Waals surface area contributed by atoms with Gasteiger partial charge in [0.1, 0.15) is 0 Å². The molecule has 2 rings (SSSR count). The molecule has 2 aliphatic heterocycles. The maximum atomic E-state index is 12.7. The number of rotatable bonds is 3. The summed E-state index contributed by atoms with van der Waals surface area (Å²) in [6.07, 6.45) is 0.789. The third-order valence-electron chi connectivity index (χ3n) is 4.74. The molecule has 0 aromatic heterocycles. The number of aliphatic carboxylic acids is 1. The fourth-order valence-corrected chi connectivity index (χ4v) is 4.68. The molecule has 0 aromatic carbocycles. The largest absolute Gasteiger partial charge is 0.481 e. The second-order valence-corrected chi connectivity index (χ2v) is 8.52. The highest BCUT2D eigenvalue weighted by atomic mass is 32.2. The number of nitrogens with zero attached hydrogens (tertiary/aromatic N) is 3. The average molecular weight is 319 g/mol. The molecule has 1 N–H and O–H groups in total. The van der Waals surface area contributed by atoms with Crippen LogP contribution in [0.15, 0.2) is 0 Å². The van der Waals surface area contributed by atoms with Crippen molar-refractivity contribution in [3.63, 3.8) is 0 Å². The number of likely N-dealkylation sites (N-methyl/N-ethyl adjacent to an activating group) is 1. The van der Waals surface area contributed by atoms with E-state index in [0.717, 1.165) is 0 Å². The van der Waals surface area contributed by atoms with E-state index in [1.54, 1.807) is 0 Å². The first-order valence-electron chi connectivity index (χ1n) is 7.34. The van der Waals surface area contributed by atoms with Crippen molar-refractivity contribution in [2.45, 2.75) is 32.2 Å². The Kier molecular flexibility index (Phi) is 4.63. The van der Waals surface area contributed by atoms with Crippen LogP contribution in [0.5, 0.6) is 0 Å². The Hall–Kier alpha value is -0.700. The Bertz CT molecular complexity index is 498. The first kappa shape index (κ1) is 16.7. The van der Waals surface area contributed by atoms with Gasteiger partial charge < -0.3 is 5.11 Å². The first-order chi connectivity index (χ1) is 9.64. The van der Waals surface area contributed by atoms with E-state index >= 15 is 0 Å². The lowest BCUT2D eigenvalue weighted by molar-refractivity contribution is -0.142. The second kappa shape index (κ2) is 5.83. The lowest BCUT2D eigenvalue weighted by Crippen LogP contribution is -2.61. The summed E-state index contributed by atoms with van der Waals surface area (Å²) in [5, 5.41) is 8.99. The first-order valence-corrected chi connectivity index (χ1v) is 8.73. The normalized spacial score (nSPS) is 26.8. The van der Waals surface area contributed by atoms with E-state index in [2.05, 4.69) is 4.90 Å². The smallest absolute Gasteiger partial charge is 0.306 e. The molecule has 0 aliphatic carbocycles. The lowest BCUT2D eigenvalue weighted by Gasteiger charge is -2.46. The highest BCUT2D eigenvalue weighted by molar-refractivity contribution is 7.86. The zero-order chi connectivity index (χ0) is 15.8. The van der Waals surface area contributed by atoms with Gasteiger partial charge in [-0.1, -0.05) is 0 Å². The number of piperidine rings is 1. The minimum absolute atomic E-state index is 0.190. The van der Waals surface area contributed by atoms with Crippen molar-refractivity contribution in [1.82, 2.24) is 13.5 Å². The number of carboxylic acid groups (broad SMARTS) is 1. The lowest BCUT2D eigenvalue weighted by atomic mass is 9.99. The summed E-state index contributed by atoms with van der Waals surface area (Å²) in [6.45, 7) is 6.32. The van der Waals surface area contributed by atoms with Crippen LogP contribution in [-0.4, -0.2) is 78.3 Å². The summed E-state index contributed by atoms with van der Waals surface area (Å²) in [5.74, 6) is -1.24. The minimum Gasteiger partial charge on any atom is -0.481 e. The van der Waals surface area contributed by atoms with Gasteiger partial charge in [0.05, 0.1) is 5.92 Å². The molecule has 0 unspecified atom stereocenters. The molecule has 0 spiro atoms. The fourth-order valence-electron chi connectivity index (χ4n) is 2.89. The molecule has 2 aliphatic rings. The number of piperazine rings is 1. The second-order valence-electron chi connectivity index (χ2n) is 6.59. The van der Waals surface area contributed by atoms with Crippen molar-refractivity contribution in [3.8, 4) is 0 Å². The van der Waals surface area contributed by atoms with Crippen molar-refractivity contribution in [2.75, 3.05) is 39.8 Å². The molecule has 0 bridgehead atoms. The van der Waals surface area contributed by atoms with Crippen molar-refractivity contribution in [3.05, 3.63) is 0 Å². The van der Waals surface area contributed by atoms with Crippen molar-refractivity contribution < 1.29 is 18.3 Å². The van der Waals surface area contributed by atoms with Gasteiger partial charge in [0.15, 0.2) is 0 Å². The van der Waals surface area contributed by atoms with Gasteiger partial charge in [-0.2, -0.15) is 17.0 Å². The predicted molar refractivity (Wildman–Crippen MR) is 79.1 cm³/mol. The molecule has 0 radical (unpaired) electrons. The van der Waals surface area contributed by atoms with Crippen LogP contribution in [0.3, 0.4) is 0 Å². The summed E-state index contributed by atoms with van der Waals surface area (Å²) >= 11 is 0. The zero-order valence-electron chi connectivity index (χ0n) is 12.9. The van der Waals surface area contributed by atoms with E-state index in [0.29, 0.717) is 45.6 Å². The van der Waals surface area contributed by atoms with E-state index in [9.17, 15) is 13.2 Å². The molecule has 0 saturated carbocycles. The van der Waals surface area contributed by atoms with E-state index in [1.807, 2.05) is 20.9 Å². The zero-order valence-corrected chi connectivity index (χ0v) is 13.8. The van der Waals surface area contributed by atoms with Gasteiger partial charge in [0.2, 0.25) is 0 Å². The third kappa shape index (κ3) is 3.39. The van der Waals surface area contributed by atoms with Crippen LogP contribution >= 0.6 is 0 Å². The van der Waals surface area contributed by atoms with Crippen LogP contribution in [-0.2, 0) is 15.0 Å². The monoisotopic (exact) mass is 319 g/mol. The van der Waals surface area contributed by atoms with Crippen LogP contribution < -0.4 is 0 Å². The van der Waals surface area contributed by atoms with Crippen molar-refractivity contribution >= 4 is 16.2 Å². The van der Waals surface area contributed by atoms with Crippen molar-refractivity contribution in [1.29, 1.82) is 0 Å². The molecular formula is C13H25N3O4S. The Morgan fingerprint density at radius 1 is 1.10 bits per heavy atom. The van der Waals surface area contributed by atoms with Gasteiger partial charge in [0, 0.05) is 38.3 Å². The summed E-state index contributed by atoms with van der Waals surface area (Å²) in [4.78, 5) is 13.1. The molecule has 2 fully saturated rings. The number of hydrogen-bond acceptors (Lipinski definition) is 4. The summed E-state index contributed by atoms with van der Waals surface area (Å²) in [7, 11) is -1.48. The van der Waals surface area contributed by atoms with Crippen LogP contribution in [0.1, 0.15) is 26.7 Å². The Morgan fingerprint density at radius 3 is 2.14 bits per heavy atom. The SMILES string of the molecule is CN1CCN(S(=O)(=O)N2CCC(C(=O)O)CC2)CC1(C)C. The summed E-state index contributed by atoms with van der Waals surface area (Å²) < 4.78 is 28.4.